The molecule has 1 atom stereocenters. The molecule has 3 aliphatic rings. The first-order valence-corrected chi connectivity index (χ1v) is 13.5. The lowest BCUT2D eigenvalue weighted by Crippen LogP contribution is -2.49. The molecule has 2 aliphatic carbocycles. The van der Waals surface area contributed by atoms with E-state index in [1.54, 1.807) is 12.0 Å². The summed E-state index contributed by atoms with van der Waals surface area (Å²) >= 11 is 0. The van der Waals surface area contributed by atoms with E-state index in [-0.39, 0.29) is 47.6 Å². The van der Waals surface area contributed by atoms with Crippen LogP contribution in [0.4, 0.5) is 4.39 Å². The molecule has 5 rings (SSSR count). The average Bonchev–Trinajstić information content (AvgIpc) is 3.14. The summed E-state index contributed by atoms with van der Waals surface area (Å²) in [5.74, 6) is -1.95. The van der Waals surface area contributed by atoms with Crippen LogP contribution in [0.2, 0.25) is 0 Å². The smallest absolute Gasteiger partial charge is 0.226 e. The predicted molar refractivity (Wildman–Crippen MR) is 138 cm³/mol. The highest BCUT2D eigenvalue weighted by molar-refractivity contribution is 5.93. The van der Waals surface area contributed by atoms with E-state index in [0.29, 0.717) is 38.0 Å². The number of carboxylic acid groups (broad SMARTS) is 1. The SMILES string of the molecule is COCc1ccc2c(c1)CCN(C(=O)C1CC(CC(=O)[O-])C1)[C@H]2C(=O)Cc1cc(F)c2c(c1)CCC2(C)C. The van der Waals surface area contributed by atoms with Gasteiger partial charge in [0.05, 0.1) is 6.61 Å². The minimum atomic E-state index is -1.10. The molecular weight excluding hydrogens is 485 g/mol. The number of benzene rings is 2. The van der Waals surface area contributed by atoms with Crippen LogP contribution in [-0.2, 0) is 50.4 Å². The van der Waals surface area contributed by atoms with Gasteiger partial charge < -0.3 is 19.5 Å². The van der Waals surface area contributed by atoms with Crippen molar-refractivity contribution in [2.24, 2.45) is 11.8 Å². The number of ketones is 1. The molecule has 1 amide bonds. The summed E-state index contributed by atoms with van der Waals surface area (Å²) in [6, 6.07) is 8.56. The number of Topliss-reactive ketones (excluding diaryl/α,β-unsaturated/α-hetero) is 1. The lowest BCUT2D eigenvalue weighted by Gasteiger charge is -2.42. The minimum absolute atomic E-state index is 0.0380. The van der Waals surface area contributed by atoms with Crippen molar-refractivity contribution in [3.63, 3.8) is 0 Å². The topological polar surface area (TPSA) is 86.7 Å². The van der Waals surface area contributed by atoms with Crippen LogP contribution in [0.5, 0.6) is 0 Å². The molecule has 0 spiro atoms. The zero-order chi connectivity index (χ0) is 27.2. The number of aryl methyl sites for hydroxylation is 1. The van der Waals surface area contributed by atoms with Crippen molar-refractivity contribution < 1.29 is 28.6 Å². The number of fused-ring (bicyclic) bond motifs is 2. The highest BCUT2D eigenvalue weighted by Crippen LogP contribution is 2.42. The fraction of sp³-hybridized carbons (Fsp3) is 0.516. The third kappa shape index (κ3) is 5.00. The molecule has 7 heteroatoms. The van der Waals surface area contributed by atoms with E-state index in [0.717, 1.165) is 40.7 Å². The molecule has 0 bridgehead atoms. The number of carbonyl (C=O) groups excluding carboxylic acids is 3. The van der Waals surface area contributed by atoms with Crippen molar-refractivity contribution in [2.75, 3.05) is 13.7 Å². The highest BCUT2D eigenvalue weighted by atomic mass is 19.1. The number of carbonyl (C=O) groups is 3. The van der Waals surface area contributed by atoms with Gasteiger partial charge in [-0.2, -0.15) is 0 Å². The average molecular weight is 521 g/mol. The lowest BCUT2D eigenvalue weighted by molar-refractivity contribution is -0.307. The summed E-state index contributed by atoms with van der Waals surface area (Å²) in [5, 5.41) is 11.0. The van der Waals surface area contributed by atoms with E-state index in [1.165, 1.54) is 6.07 Å². The Hall–Kier alpha value is -3.06. The number of hydrogen-bond donors (Lipinski definition) is 0. The van der Waals surface area contributed by atoms with Crippen molar-refractivity contribution in [1.82, 2.24) is 4.90 Å². The van der Waals surface area contributed by atoms with Gasteiger partial charge in [0.25, 0.3) is 0 Å². The van der Waals surface area contributed by atoms with Crippen molar-refractivity contribution >= 4 is 17.7 Å². The van der Waals surface area contributed by atoms with Crippen molar-refractivity contribution in [2.45, 2.75) is 76.9 Å². The van der Waals surface area contributed by atoms with E-state index in [9.17, 15) is 19.5 Å². The second-order valence-electron chi connectivity index (χ2n) is 11.9. The van der Waals surface area contributed by atoms with Crippen molar-refractivity contribution in [3.8, 4) is 0 Å². The quantitative estimate of drug-likeness (QED) is 0.531. The van der Waals surface area contributed by atoms with Crippen LogP contribution in [0, 0.1) is 17.7 Å². The van der Waals surface area contributed by atoms with Gasteiger partial charge in [-0.3, -0.25) is 9.59 Å². The molecular formula is C31H35FNO5-. The molecule has 1 saturated carbocycles. The minimum Gasteiger partial charge on any atom is -0.550 e. The molecule has 1 aliphatic heterocycles. The number of aliphatic carboxylic acids is 1. The van der Waals surface area contributed by atoms with Gasteiger partial charge >= 0.3 is 0 Å². The Kier molecular flexibility index (Phi) is 7.16. The highest BCUT2D eigenvalue weighted by Gasteiger charge is 2.42. The van der Waals surface area contributed by atoms with E-state index < -0.39 is 12.0 Å². The third-order valence-electron chi connectivity index (χ3n) is 8.68. The molecule has 0 aromatic heterocycles. The van der Waals surface area contributed by atoms with Crippen LogP contribution in [-0.4, -0.2) is 36.2 Å². The number of carboxylic acids is 1. The Labute approximate surface area is 223 Å². The van der Waals surface area contributed by atoms with Crippen LogP contribution in [0.3, 0.4) is 0 Å². The Morgan fingerprint density at radius 1 is 1.08 bits per heavy atom. The summed E-state index contributed by atoms with van der Waals surface area (Å²) in [7, 11) is 1.63. The fourth-order valence-corrected chi connectivity index (χ4v) is 6.75. The molecule has 1 heterocycles. The van der Waals surface area contributed by atoms with E-state index in [1.807, 2.05) is 38.1 Å². The second-order valence-corrected chi connectivity index (χ2v) is 11.9. The number of hydrogen-bond acceptors (Lipinski definition) is 5. The van der Waals surface area contributed by atoms with Crippen molar-refractivity contribution in [3.05, 3.63) is 69.5 Å². The number of ether oxygens (including phenoxy) is 1. The lowest BCUT2D eigenvalue weighted by atomic mass is 9.72. The Morgan fingerprint density at radius 3 is 2.53 bits per heavy atom. The van der Waals surface area contributed by atoms with E-state index in [2.05, 4.69) is 0 Å². The number of halogens is 1. The van der Waals surface area contributed by atoms with Gasteiger partial charge in [-0.25, -0.2) is 4.39 Å². The van der Waals surface area contributed by atoms with Gasteiger partial charge in [0, 0.05) is 32.0 Å². The maximum absolute atomic E-state index is 15.2. The van der Waals surface area contributed by atoms with E-state index in [4.69, 9.17) is 4.74 Å². The van der Waals surface area contributed by atoms with Gasteiger partial charge in [0.1, 0.15) is 11.9 Å². The first kappa shape index (κ1) is 26.5. The molecule has 2 aromatic carbocycles. The van der Waals surface area contributed by atoms with Crippen LogP contribution in [0.1, 0.15) is 79.0 Å². The monoisotopic (exact) mass is 520 g/mol. The molecule has 202 valence electrons. The molecule has 6 nitrogen and oxygen atoms in total. The Balaban J connectivity index is 1.42. The number of rotatable bonds is 8. The fourth-order valence-electron chi connectivity index (χ4n) is 6.75. The summed E-state index contributed by atoms with van der Waals surface area (Å²) in [6.07, 6.45) is 3.27. The van der Waals surface area contributed by atoms with Crippen LogP contribution >= 0.6 is 0 Å². The second kappa shape index (κ2) is 10.3. The molecule has 0 radical (unpaired) electrons. The maximum atomic E-state index is 15.2. The molecule has 0 unspecified atom stereocenters. The molecule has 2 aromatic rings. The van der Waals surface area contributed by atoms with Crippen LogP contribution < -0.4 is 5.11 Å². The number of nitrogens with zero attached hydrogens (tertiary/aromatic N) is 1. The molecule has 1 fully saturated rings. The summed E-state index contributed by atoms with van der Waals surface area (Å²) in [6.45, 7) is 4.96. The number of amides is 1. The summed E-state index contributed by atoms with van der Waals surface area (Å²) < 4.78 is 20.4. The van der Waals surface area contributed by atoms with Gasteiger partial charge in [0.15, 0.2) is 5.78 Å². The summed E-state index contributed by atoms with van der Waals surface area (Å²) in [4.78, 5) is 40.1. The zero-order valence-electron chi connectivity index (χ0n) is 22.3. The van der Waals surface area contributed by atoms with Crippen molar-refractivity contribution in [1.29, 1.82) is 0 Å². The Bertz CT molecular complexity index is 1280. The Morgan fingerprint density at radius 2 is 1.82 bits per heavy atom. The largest absolute Gasteiger partial charge is 0.550 e. The van der Waals surface area contributed by atoms with Crippen LogP contribution in [0.15, 0.2) is 30.3 Å². The zero-order valence-corrected chi connectivity index (χ0v) is 22.3. The van der Waals surface area contributed by atoms with Gasteiger partial charge in [-0.1, -0.05) is 38.1 Å². The normalized spacial score (nSPS) is 23.4. The maximum Gasteiger partial charge on any atom is 0.226 e. The first-order chi connectivity index (χ1) is 18.1. The third-order valence-corrected chi connectivity index (χ3v) is 8.68. The van der Waals surface area contributed by atoms with Gasteiger partial charge in [-0.05, 0) is 89.3 Å². The molecule has 0 saturated heterocycles. The standard InChI is InChI=1S/C31H36FNO5/c1-31(2)8-6-22-11-20(14-25(32)28(22)31)15-26(34)29-24-5-4-18(17-38-3)10-21(24)7-9-33(29)30(37)23-12-19(13-23)16-27(35)36/h4-5,10-11,14,19,23,29H,6-9,12-13,15-17H2,1-3H3,(H,35,36)/p-1/t19?,23?,29-/m1/s1. The summed E-state index contributed by atoms with van der Waals surface area (Å²) in [5.41, 5.74) is 4.96. The van der Waals surface area contributed by atoms with Gasteiger partial charge in [0.2, 0.25) is 5.91 Å². The van der Waals surface area contributed by atoms with Gasteiger partial charge in [-0.15, -0.1) is 0 Å². The predicted octanol–water partition coefficient (Wildman–Crippen LogP) is 3.60. The number of methoxy groups -OCH3 is 1. The van der Waals surface area contributed by atoms with Crippen LogP contribution in [0.25, 0.3) is 0 Å². The van der Waals surface area contributed by atoms with E-state index >= 15 is 4.39 Å². The molecule has 38 heavy (non-hydrogen) atoms. The molecule has 0 N–H and O–H groups in total. The first-order valence-electron chi connectivity index (χ1n) is 13.5.